The molecule has 0 fully saturated rings. The maximum absolute atomic E-state index is 9.91. The lowest BCUT2D eigenvalue weighted by Crippen LogP contribution is -2.36. The topological polar surface area (TPSA) is 51.0 Å². The van der Waals surface area contributed by atoms with Crippen molar-refractivity contribution >= 4 is 24.3 Å². The summed E-state index contributed by atoms with van der Waals surface area (Å²) >= 11 is 1.18. The van der Waals surface area contributed by atoms with Crippen molar-refractivity contribution in [3.05, 3.63) is 36.5 Å². The summed E-state index contributed by atoms with van der Waals surface area (Å²) in [5.74, 6) is 0.178. The highest BCUT2D eigenvalue weighted by atomic mass is 32.2. The van der Waals surface area contributed by atoms with Gasteiger partial charge >= 0.3 is 0 Å². The van der Waals surface area contributed by atoms with Gasteiger partial charge in [0, 0.05) is 6.07 Å². The van der Waals surface area contributed by atoms with Gasteiger partial charge in [-0.15, -0.1) is 3.89 Å². The number of quaternary nitrogens is 1. The second-order valence-corrected chi connectivity index (χ2v) is 4.33. The van der Waals surface area contributed by atoms with E-state index in [1.54, 1.807) is 18.5 Å². The second kappa shape index (κ2) is 5.22. The Labute approximate surface area is 104 Å². The molecule has 5 nitrogen and oxygen atoms in total. The van der Waals surface area contributed by atoms with Crippen LogP contribution in [0, 0.1) is 0 Å². The lowest BCUT2D eigenvalue weighted by Gasteiger charge is -2.27. The zero-order valence-electron chi connectivity index (χ0n) is 9.31. The van der Waals surface area contributed by atoms with Gasteiger partial charge in [0.05, 0.1) is 6.61 Å². The number of para-hydroxylation sites is 2. The fourth-order valence-electron chi connectivity index (χ4n) is 1.50. The van der Waals surface area contributed by atoms with Gasteiger partial charge < -0.3 is 9.94 Å². The molecule has 0 saturated heterocycles. The Balaban J connectivity index is 2.47. The summed E-state index contributed by atoms with van der Waals surface area (Å²) < 4.78 is 5.43. The number of hydrogen-bond acceptors (Lipinski definition) is 5. The smallest absolute Gasteiger partial charge is 0.265 e. The van der Waals surface area contributed by atoms with Crippen LogP contribution in [0.2, 0.25) is 0 Å². The maximum Gasteiger partial charge on any atom is 0.265 e. The first kappa shape index (κ1) is 12.0. The fraction of sp³-hybridized carbons (Fsp3) is 0.182. The average Bonchev–Trinajstić information content (AvgIpc) is 2.38. The summed E-state index contributed by atoms with van der Waals surface area (Å²) in [7, 11) is 1.47. The van der Waals surface area contributed by atoms with Crippen molar-refractivity contribution in [2.45, 2.75) is 0 Å². The monoisotopic (exact) mass is 253 g/mol. The Bertz CT molecular complexity index is 450. The first-order valence-corrected chi connectivity index (χ1v) is 5.72. The lowest BCUT2D eigenvalue weighted by atomic mass is 10.3. The zero-order chi connectivity index (χ0) is 12.1. The molecule has 1 aliphatic heterocycles. The first-order chi connectivity index (χ1) is 8.28. The Morgan fingerprint density at radius 2 is 2.35 bits per heavy atom. The third-order valence-corrected chi connectivity index (χ3v) is 3.15. The van der Waals surface area contributed by atoms with E-state index in [-0.39, 0.29) is 9.64 Å². The number of phenolic OH excluding ortho intramolecular Hbond substituents is 1. The number of benzene rings is 1. The zero-order valence-corrected chi connectivity index (χ0v) is 10.1. The Morgan fingerprint density at radius 3 is 3.00 bits per heavy atom. The standard InChI is InChI=1S/C11H12N2O3S/c1-15-12-9-13(7-4-8-16-17-13)10-5-2-3-6-11(10)14/h2-7,9H,8H2,1H3/p+1. The molecule has 17 heavy (non-hydrogen) atoms. The van der Waals surface area contributed by atoms with Gasteiger partial charge in [-0.1, -0.05) is 12.1 Å². The molecule has 1 aliphatic rings. The molecular weight excluding hydrogens is 240 g/mol. The quantitative estimate of drug-likeness (QED) is 0.224. The minimum atomic E-state index is 0.0977. The van der Waals surface area contributed by atoms with E-state index < -0.39 is 0 Å². The van der Waals surface area contributed by atoms with Gasteiger partial charge in [0.25, 0.3) is 12.2 Å². The molecule has 1 atom stereocenters. The second-order valence-electron chi connectivity index (χ2n) is 3.35. The molecular formula is C11H13N2O3S+. The normalized spacial score (nSPS) is 24.1. The van der Waals surface area contributed by atoms with E-state index in [0.29, 0.717) is 12.3 Å². The molecule has 1 aromatic rings. The van der Waals surface area contributed by atoms with Gasteiger partial charge in [0.2, 0.25) is 6.34 Å². The molecule has 0 spiro atoms. The number of rotatable bonds is 3. The van der Waals surface area contributed by atoms with E-state index in [2.05, 4.69) is 5.16 Å². The summed E-state index contributed by atoms with van der Waals surface area (Å²) in [5.41, 5.74) is 0.661. The molecule has 2 rings (SSSR count). The van der Waals surface area contributed by atoms with Gasteiger partial charge in [-0.3, -0.25) is 4.18 Å². The summed E-state index contributed by atoms with van der Waals surface area (Å²) in [5, 5.41) is 13.7. The van der Waals surface area contributed by atoms with Gasteiger partial charge in [-0.25, -0.2) is 0 Å². The number of hydrogen-bond donors (Lipinski definition) is 1. The van der Waals surface area contributed by atoms with Crippen LogP contribution in [-0.4, -0.2) is 25.2 Å². The van der Waals surface area contributed by atoms with Crippen LogP contribution >= 0.6 is 12.2 Å². The Kier molecular flexibility index (Phi) is 3.68. The summed E-state index contributed by atoms with van der Waals surface area (Å²) in [6.45, 7) is 0.527. The number of aromatic hydroxyl groups is 1. The van der Waals surface area contributed by atoms with Gasteiger partial charge in [0.1, 0.15) is 13.3 Å². The highest BCUT2D eigenvalue weighted by molar-refractivity contribution is 7.94. The minimum Gasteiger partial charge on any atom is -0.503 e. The molecule has 0 saturated carbocycles. The predicted molar refractivity (Wildman–Crippen MR) is 68.1 cm³/mol. The summed E-state index contributed by atoms with van der Waals surface area (Å²) in [6.07, 6.45) is 5.30. The van der Waals surface area contributed by atoms with E-state index in [9.17, 15) is 5.11 Å². The predicted octanol–water partition coefficient (Wildman–Crippen LogP) is 2.40. The number of nitrogens with zero attached hydrogens (tertiary/aromatic N) is 2. The van der Waals surface area contributed by atoms with E-state index in [4.69, 9.17) is 9.02 Å². The van der Waals surface area contributed by atoms with Crippen LogP contribution < -0.4 is 3.89 Å². The number of phenols is 1. The van der Waals surface area contributed by atoms with Crippen LogP contribution in [0.4, 0.5) is 5.69 Å². The van der Waals surface area contributed by atoms with E-state index >= 15 is 0 Å². The molecule has 1 unspecified atom stereocenters. The Hall–Kier alpha value is -1.50. The molecule has 0 amide bonds. The molecule has 0 aliphatic carbocycles. The molecule has 1 heterocycles. The van der Waals surface area contributed by atoms with Crippen LogP contribution in [0.5, 0.6) is 5.75 Å². The van der Waals surface area contributed by atoms with E-state index in [1.165, 1.54) is 19.3 Å². The van der Waals surface area contributed by atoms with Gasteiger partial charge in [-0.2, -0.15) is 0 Å². The summed E-state index contributed by atoms with van der Waals surface area (Å²) in [6, 6.07) is 7.04. The number of oxime groups is 1. The summed E-state index contributed by atoms with van der Waals surface area (Å²) in [4.78, 5) is 4.70. The molecule has 6 heteroatoms. The molecule has 0 radical (unpaired) electrons. The SMILES string of the molecule is CON=C[N+]1(c2ccccc2O)C=CCOS1. The van der Waals surface area contributed by atoms with E-state index in [0.717, 1.165) is 0 Å². The third kappa shape index (κ3) is 2.44. The fourth-order valence-corrected chi connectivity index (χ4v) is 2.26. The highest BCUT2D eigenvalue weighted by Gasteiger charge is 2.35. The third-order valence-electron chi connectivity index (χ3n) is 2.25. The molecule has 90 valence electrons. The van der Waals surface area contributed by atoms with Crippen LogP contribution in [0.25, 0.3) is 0 Å². The van der Waals surface area contributed by atoms with Crippen molar-refractivity contribution in [3.63, 3.8) is 0 Å². The van der Waals surface area contributed by atoms with Crippen LogP contribution in [-0.2, 0) is 9.02 Å². The minimum absolute atomic E-state index is 0.0977. The van der Waals surface area contributed by atoms with Crippen molar-refractivity contribution in [1.82, 2.24) is 3.89 Å². The molecule has 1 aromatic carbocycles. The van der Waals surface area contributed by atoms with Crippen molar-refractivity contribution < 1.29 is 14.1 Å². The van der Waals surface area contributed by atoms with Crippen molar-refractivity contribution in [2.75, 3.05) is 13.7 Å². The van der Waals surface area contributed by atoms with Crippen molar-refractivity contribution in [1.29, 1.82) is 0 Å². The van der Waals surface area contributed by atoms with Crippen LogP contribution in [0.1, 0.15) is 0 Å². The molecule has 0 aromatic heterocycles. The highest BCUT2D eigenvalue weighted by Crippen LogP contribution is 2.40. The van der Waals surface area contributed by atoms with Crippen molar-refractivity contribution in [3.8, 4) is 5.75 Å². The van der Waals surface area contributed by atoms with Crippen molar-refractivity contribution in [2.24, 2.45) is 5.16 Å². The van der Waals surface area contributed by atoms with Crippen LogP contribution in [0.15, 0.2) is 41.7 Å². The van der Waals surface area contributed by atoms with E-state index in [1.807, 2.05) is 24.4 Å². The molecule has 1 N–H and O–H groups in total. The molecule has 0 bridgehead atoms. The first-order valence-electron chi connectivity index (χ1n) is 5.02. The Morgan fingerprint density at radius 1 is 1.53 bits per heavy atom. The lowest BCUT2D eigenvalue weighted by molar-refractivity contribution is 0.212. The van der Waals surface area contributed by atoms with Gasteiger partial charge in [0.15, 0.2) is 11.4 Å². The largest absolute Gasteiger partial charge is 0.503 e. The maximum atomic E-state index is 9.91. The van der Waals surface area contributed by atoms with Gasteiger partial charge in [-0.05, 0) is 17.3 Å². The average molecular weight is 253 g/mol. The van der Waals surface area contributed by atoms with Crippen LogP contribution in [0.3, 0.4) is 0 Å².